The number of nitrogens with one attached hydrogen (secondary N) is 1. The molecule has 1 aromatic rings. The van der Waals surface area contributed by atoms with E-state index in [1.165, 1.54) is 11.3 Å². The van der Waals surface area contributed by atoms with Crippen molar-refractivity contribution in [2.24, 2.45) is 11.7 Å². The first-order valence-corrected chi connectivity index (χ1v) is 4.02. The number of aromatic nitrogens is 1. The number of H-pyrrole nitrogens is 1. The molecule has 0 aliphatic heterocycles. The topological polar surface area (TPSA) is 41.8 Å². The molecule has 0 spiro atoms. The Hall–Kier alpha value is -0.760. The van der Waals surface area contributed by atoms with E-state index < -0.39 is 0 Å². The second-order valence-electron chi connectivity index (χ2n) is 3.34. The van der Waals surface area contributed by atoms with Crippen LogP contribution in [0.2, 0.25) is 0 Å². The highest BCUT2D eigenvalue weighted by Gasteiger charge is 2.12. The molecule has 11 heavy (non-hydrogen) atoms. The van der Waals surface area contributed by atoms with Gasteiger partial charge in [0.2, 0.25) is 0 Å². The zero-order chi connectivity index (χ0) is 8.43. The van der Waals surface area contributed by atoms with E-state index in [9.17, 15) is 0 Å². The third kappa shape index (κ3) is 1.63. The predicted octanol–water partition coefficient (Wildman–Crippen LogP) is 1.98. The van der Waals surface area contributed by atoms with Crippen molar-refractivity contribution in [2.45, 2.75) is 26.8 Å². The first-order valence-electron chi connectivity index (χ1n) is 4.02. The van der Waals surface area contributed by atoms with E-state index >= 15 is 0 Å². The smallest absolute Gasteiger partial charge is 0.0473 e. The predicted molar refractivity (Wildman–Crippen MR) is 47.3 cm³/mol. The Balaban J connectivity index is 2.84. The average molecular weight is 152 g/mol. The maximum absolute atomic E-state index is 5.95. The molecule has 0 aliphatic rings. The van der Waals surface area contributed by atoms with Crippen LogP contribution in [0.25, 0.3) is 0 Å². The number of hydrogen-bond acceptors (Lipinski definition) is 1. The largest absolute Gasteiger partial charge is 0.363 e. The molecule has 0 aliphatic carbocycles. The SMILES string of the molecule is Cc1cc[nH]c1[C@@H](N)C(C)C. The third-order valence-corrected chi connectivity index (χ3v) is 2.05. The minimum Gasteiger partial charge on any atom is -0.363 e. The van der Waals surface area contributed by atoms with Crippen LogP contribution in [0.5, 0.6) is 0 Å². The maximum Gasteiger partial charge on any atom is 0.0473 e. The lowest BCUT2D eigenvalue weighted by molar-refractivity contribution is 0.503. The molecule has 1 heterocycles. The number of hydrogen-bond donors (Lipinski definition) is 2. The van der Waals surface area contributed by atoms with Crippen molar-refractivity contribution < 1.29 is 0 Å². The van der Waals surface area contributed by atoms with Crippen molar-refractivity contribution in [1.29, 1.82) is 0 Å². The monoisotopic (exact) mass is 152 g/mol. The zero-order valence-electron chi connectivity index (χ0n) is 7.39. The van der Waals surface area contributed by atoms with E-state index in [1.807, 2.05) is 6.20 Å². The van der Waals surface area contributed by atoms with Crippen molar-refractivity contribution in [1.82, 2.24) is 4.98 Å². The molecule has 3 N–H and O–H groups in total. The van der Waals surface area contributed by atoms with Crippen LogP contribution in [0, 0.1) is 12.8 Å². The molecule has 0 fully saturated rings. The highest BCUT2D eigenvalue weighted by atomic mass is 14.8. The van der Waals surface area contributed by atoms with Crippen LogP contribution in [0.4, 0.5) is 0 Å². The maximum atomic E-state index is 5.95. The molecule has 1 atom stereocenters. The molecular weight excluding hydrogens is 136 g/mol. The van der Waals surface area contributed by atoms with Crippen LogP contribution < -0.4 is 5.73 Å². The van der Waals surface area contributed by atoms with Gasteiger partial charge in [-0.25, -0.2) is 0 Å². The van der Waals surface area contributed by atoms with Crippen LogP contribution in [0.3, 0.4) is 0 Å². The van der Waals surface area contributed by atoms with Crippen LogP contribution in [-0.2, 0) is 0 Å². The molecule has 0 bridgehead atoms. The van der Waals surface area contributed by atoms with Crippen LogP contribution >= 0.6 is 0 Å². The second-order valence-corrected chi connectivity index (χ2v) is 3.34. The van der Waals surface area contributed by atoms with E-state index in [-0.39, 0.29) is 6.04 Å². The molecular formula is C9H16N2. The molecule has 0 saturated carbocycles. The first-order chi connectivity index (χ1) is 5.13. The van der Waals surface area contributed by atoms with Gasteiger partial charge < -0.3 is 10.7 Å². The fourth-order valence-electron chi connectivity index (χ4n) is 1.15. The molecule has 0 radical (unpaired) electrons. The quantitative estimate of drug-likeness (QED) is 0.668. The minimum absolute atomic E-state index is 0.144. The zero-order valence-corrected chi connectivity index (χ0v) is 7.39. The van der Waals surface area contributed by atoms with E-state index in [0.29, 0.717) is 5.92 Å². The molecule has 0 amide bonds. The van der Waals surface area contributed by atoms with Gasteiger partial charge in [0.05, 0.1) is 0 Å². The Morgan fingerprint density at radius 2 is 2.09 bits per heavy atom. The number of aryl methyl sites for hydroxylation is 1. The molecule has 62 valence electrons. The van der Waals surface area contributed by atoms with Gasteiger partial charge in [-0.1, -0.05) is 13.8 Å². The van der Waals surface area contributed by atoms with E-state index in [4.69, 9.17) is 5.73 Å². The van der Waals surface area contributed by atoms with E-state index in [1.54, 1.807) is 0 Å². The van der Waals surface area contributed by atoms with Crippen molar-refractivity contribution >= 4 is 0 Å². The van der Waals surface area contributed by atoms with Crippen molar-refractivity contribution in [3.8, 4) is 0 Å². The summed E-state index contributed by atoms with van der Waals surface area (Å²) < 4.78 is 0. The number of aromatic amines is 1. The van der Waals surface area contributed by atoms with Crippen molar-refractivity contribution in [3.05, 3.63) is 23.5 Å². The Morgan fingerprint density at radius 1 is 1.45 bits per heavy atom. The average Bonchev–Trinajstić information content (AvgIpc) is 2.33. The normalized spacial score (nSPS) is 13.9. The van der Waals surface area contributed by atoms with Gasteiger partial charge in [-0.3, -0.25) is 0 Å². The van der Waals surface area contributed by atoms with Crippen LogP contribution in [0.15, 0.2) is 12.3 Å². The Bertz CT molecular complexity index is 225. The van der Waals surface area contributed by atoms with Crippen molar-refractivity contribution in [2.75, 3.05) is 0 Å². The Morgan fingerprint density at radius 3 is 2.45 bits per heavy atom. The molecule has 2 nitrogen and oxygen atoms in total. The summed E-state index contributed by atoms with van der Waals surface area (Å²) in [6, 6.07) is 2.20. The van der Waals surface area contributed by atoms with E-state index in [2.05, 4.69) is 31.8 Å². The summed E-state index contributed by atoms with van der Waals surface area (Å²) in [5, 5.41) is 0. The van der Waals surface area contributed by atoms with Crippen LogP contribution in [0.1, 0.15) is 31.1 Å². The van der Waals surface area contributed by atoms with Gasteiger partial charge in [-0.2, -0.15) is 0 Å². The lowest BCUT2D eigenvalue weighted by atomic mass is 10.00. The summed E-state index contributed by atoms with van der Waals surface area (Å²) in [5.41, 5.74) is 8.37. The standard InChI is InChI=1S/C9H16N2/c1-6(2)8(10)9-7(3)4-5-11-9/h4-6,8,11H,10H2,1-3H3/t8-/m0/s1. The lowest BCUT2D eigenvalue weighted by Gasteiger charge is -2.14. The van der Waals surface area contributed by atoms with Gasteiger partial charge in [0.15, 0.2) is 0 Å². The number of rotatable bonds is 2. The van der Waals surface area contributed by atoms with Gasteiger partial charge in [-0.05, 0) is 24.5 Å². The van der Waals surface area contributed by atoms with E-state index in [0.717, 1.165) is 0 Å². The minimum atomic E-state index is 0.144. The Kier molecular flexibility index (Phi) is 2.35. The molecule has 0 unspecified atom stereocenters. The number of nitrogens with two attached hydrogens (primary N) is 1. The molecule has 1 aromatic heterocycles. The first kappa shape index (κ1) is 8.34. The van der Waals surface area contributed by atoms with Crippen LogP contribution in [-0.4, -0.2) is 4.98 Å². The third-order valence-electron chi connectivity index (χ3n) is 2.05. The van der Waals surface area contributed by atoms with Gasteiger partial charge in [-0.15, -0.1) is 0 Å². The molecule has 2 heteroatoms. The highest BCUT2D eigenvalue weighted by molar-refractivity contribution is 5.21. The molecule has 0 aromatic carbocycles. The van der Waals surface area contributed by atoms with Gasteiger partial charge >= 0.3 is 0 Å². The summed E-state index contributed by atoms with van der Waals surface area (Å²) in [4.78, 5) is 3.16. The summed E-state index contributed by atoms with van der Waals surface area (Å²) >= 11 is 0. The van der Waals surface area contributed by atoms with Gasteiger partial charge in [0.1, 0.15) is 0 Å². The summed E-state index contributed by atoms with van der Waals surface area (Å²) in [7, 11) is 0. The summed E-state index contributed by atoms with van der Waals surface area (Å²) in [5.74, 6) is 0.493. The molecule has 0 saturated heterocycles. The van der Waals surface area contributed by atoms with Gasteiger partial charge in [0, 0.05) is 17.9 Å². The van der Waals surface area contributed by atoms with Gasteiger partial charge in [0.25, 0.3) is 0 Å². The van der Waals surface area contributed by atoms with Crippen molar-refractivity contribution in [3.63, 3.8) is 0 Å². The molecule has 1 rings (SSSR count). The fraction of sp³-hybridized carbons (Fsp3) is 0.556. The summed E-state index contributed by atoms with van der Waals surface area (Å²) in [6.07, 6.45) is 1.94. The summed E-state index contributed by atoms with van der Waals surface area (Å²) in [6.45, 7) is 6.34. The lowest BCUT2D eigenvalue weighted by Crippen LogP contribution is -2.17. The Labute approximate surface area is 67.8 Å². The highest BCUT2D eigenvalue weighted by Crippen LogP contribution is 2.19. The second kappa shape index (κ2) is 3.09. The fourth-order valence-corrected chi connectivity index (χ4v) is 1.15.